The maximum Gasteiger partial charge on any atom is 0.136 e. The first-order chi connectivity index (χ1) is 9.25. The number of hydrogen-bond acceptors (Lipinski definition) is 3. The molecule has 3 heteroatoms. The molecule has 1 saturated carbocycles. The fraction of sp³-hybridized carbons (Fsp3) is 0.562. The van der Waals surface area contributed by atoms with Gasteiger partial charge in [0.2, 0.25) is 0 Å². The molecule has 1 fully saturated rings. The zero-order valence-corrected chi connectivity index (χ0v) is 11.3. The molecule has 2 rings (SSSR count). The summed E-state index contributed by atoms with van der Waals surface area (Å²) in [4.78, 5) is 11.7. The van der Waals surface area contributed by atoms with Crippen LogP contribution in [0.15, 0.2) is 30.3 Å². The van der Waals surface area contributed by atoms with Crippen LogP contribution in [0.4, 0.5) is 0 Å². The summed E-state index contributed by atoms with van der Waals surface area (Å²) < 4.78 is 5.50. The van der Waals surface area contributed by atoms with Crippen molar-refractivity contribution in [2.75, 3.05) is 6.61 Å². The monoisotopic (exact) mass is 262 g/mol. The van der Waals surface area contributed by atoms with E-state index in [0.717, 1.165) is 24.8 Å². The average molecular weight is 262 g/mol. The lowest BCUT2D eigenvalue weighted by Gasteiger charge is -2.22. The number of ketones is 1. The Morgan fingerprint density at radius 3 is 2.79 bits per heavy atom. The Morgan fingerprint density at radius 2 is 2.05 bits per heavy atom. The second-order valence-corrected chi connectivity index (χ2v) is 5.30. The van der Waals surface area contributed by atoms with E-state index >= 15 is 0 Å². The first-order valence-corrected chi connectivity index (χ1v) is 7.08. The van der Waals surface area contributed by atoms with Crippen LogP contribution in [0.1, 0.15) is 37.7 Å². The zero-order valence-electron chi connectivity index (χ0n) is 11.3. The molecule has 1 N–H and O–H groups in total. The van der Waals surface area contributed by atoms with Gasteiger partial charge in [-0.05, 0) is 24.8 Å². The van der Waals surface area contributed by atoms with Crippen LogP contribution in [0.5, 0.6) is 0 Å². The van der Waals surface area contributed by atoms with Gasteiger partial charge in [0.25, 0.3) is 0 Å². The molecule has 3 nitrogen and oxygen atoms in total. The number of rotatable bonds is 6. The highest BCUT2D eigenvalue weighted by molar-refractivity contribution is 5.81. The van der Waals surface area contributed by atoms with E-state index in [9.17, 15) is 9.90 Å². The predicted molar refractivity (Wildman–Crippen MR) is 73.7 cm³/mol. The van der Waals surface area contributed by atoms with E-state index in [1.807, 2.05) is 30.3 Å². The summed E-state index contributed by atoms with van der Waals surface area (Å²) in [5, 5.41) is 9.92. The van der Waals surface area contributed by atoms with Crippen LogP contribution < -0.4 is 0 Å². The summed E-state index contributed by atoms with van der Waals surface area (Å²) in [5.74, 6) is 0.359. The van der Waals surface area contributed by atoms with E-state index in [-0.39, 0.29) is 5.92 Å². The van der Waals surface area contributed by atoms with Crippen LogP contribution >= 0.6 is 0 Å². The van der Waals surface area contributed by atoms with Crippen LogP contribution in [0.3, 0.4) is 0 Å². The van der Waals surface area contributed by atoms with E-state index in [4.69, 9.17) is 4.74 Å². The molecule has 0 amide bonds. The van der Waals surface area contributed by atoms with Gasteiger partial charge in [-0.3, -0.25) is 4.79 Å². The number of benzene rings is 1. The molecule has 1 aliphatic rings. The summed E-state index contributed by atoms with van der Waals surface area (Å²) in [7, 11) is 0. The van der Waals surface area contributed by atoms with Gasteiger partial charge >= 0.3 is 0 Å². The molecule has 104 valence electrons. The van der Waals surface area contributed by atoms with Gasteiger partial charge in [-0.1, -0.05) is 36.8 Å². The molecule has 1 aromatic carbocycles. The number of aliphatic hydroxyl groups excluding tert-OH is 1. The molecule has 19 heavy (non-hydrogen) atoms. The van der Waals surface area contributed by atoms with E-state index in [2.05, 4.69) is 0 Å². The molecule has 0 aromatic heterocycles. The van der Waals surface area contributed by atoms with Crippen LogP contribution in [-0.2, 0) is 16.1 Å². The lowest BCUT2D eigenvalue weighted by Crippen LogP contribution is -2.26. The highest BCUT2D eigenvalue weighted by Gasteiger charge is 2.24. The number of ether oxygens (including phenoxy) is 1. The molecular formula is C16H22O3. The van der Waals surface area contributed by atoms with Crippen LogP contribution in [0.25, 0.3) is 0 Å². The molecule has 2 unspecified atom stereocenters. The van der Waals surface area contributed by atoms with Crippen molar-refractivity contribution in [2.24, 2.45) is 5.92 Å². The van der Waals surface area contributed by atoms with Crippen molar-refractivity contribution in [1.82, 2.24) is 0 Å². The highest BCUT2D eigenvalue weighted by Crippen LogP contribution is 2.24. The number of hydrogen-bond donors (Lipinski definition) is 1. The van der Waals surface area contributed by atoms with Gasteiger partial charge in [0.15, 0.2) is 0 Å². The standard InChI is InChI=1S/C16H22O3/c17-15(10-14-8-4-5-9-16(14)18)12-19-11-13-6-2-1-3-7-13/h1-3,6-7,14-15,17H,4-5,8-12H2. The summed E-state index contributed by atoms with van der Waals surface area (Å²) in [5.41, 5.74) is 1.10. The number of aliphatic hydroxyl groups is 1. The molecule has 1 aliphatic carbocycles. The van der Waals surface area contributed by atoms with Gasteiger partial charge < -0.3 is 9.84 Å². The Kier molecular flexibility index (Phi) is 5.55. The summed E-state index contributed by atoms with van der Waals surface area (Å²) in [6.07, 6.45) is 3.74. The van der Waals surface area contributed by atoms with E-state index in [0.29, 0.717) is 31.8 Å². The van der Waals surface area contributed by atoms with Crippen molar-refractivity contribution < 1.29 is 14.6 Å². The molecule has 0 spiro atoms. The van der Waals surface area contributed by atoms with Gasteiger partial charge in [-0.25, -0.2) is 0 Å². The van der Waals surface area contributed by atoms with Crippen molar-refractivity contribution in [3.63, 3.8) is 0 Å². The van der Waals surface area contributed by atoms with Crippen molar-refractivity contribution in [1.29, 1.82) is 0 Å². The second-order valence-electron chi connectivity index (χ2n) is 5.30. The fourth-order valence-corrected chi connectivity index (χ4v) is 2.59. The molecule has 0 aliphatic heterocycles. The minimum Gasteiger partial charge on any atom is -0.391 e. The Bertz CT molecular complexity index is 388. The van der Waals surface area contributed by atoms with Crippen LogP contribution in [-0.4, -0.2) is 23.6 Å². The molecular weight excluding hydrogens is 240 g/mol. The lowest BCUT2D eigenvalue weighted by molar-refractivity contribution is -0.126. The van der Waals surface area contributed by atoms with E-state index in [1.54, 1.807) is 0 Å². The van der Waals surface area contributed by atoms with Crippen molar-refractivity contribution >= 4 is 5.78 Å². The third-order valence-electron chi connectivity index (χ3n) is 3.66. The van der Waals surface area contributed by atoms with Crippen molar-refractivity contribution in [2.45, 2.75) is 44.8 Å². The zero-order chi connectivity index (χ0) is 13.5. The maximum absolute atomic E-state index is 11.7. The normalized spacial score (nSPS) is 21.3. The number of Topliss-reactive ketones (excluding diaryl/α,β-unsaturated/α-hetero) is 1. The predicted octanol–water partition coefficient (Wildman–Crippen LogP) is 2.71. The fourth-order valence-electron chi connectivity index (χ4n) is 2.59. The quantitative estimate of drug-likeness (QED) is 0.857. The topological polar surface area (TPSA) is 46.5 Å². The molecule has 1 aromatic rings. The maximum atomic E-state index is 11.7. The minimum absolute atomic E-state index is 0.0454. The van der Waals surface area contributed by atoms with Crippen molar-refractivity contribution in [3.05, 3.63) is 35.9 Å². The Morgan fingerprint density at radius 1 is 1.26 bits per heavy atom. The Hall–Kier alpha value is -1.19. The minimum atomic E-state index is -0.532. The summed E-state index contributed by atoms with van der Waals surface area (Å²) in [6, 6.07) is 9.90. The Labute approximate surface area is 114 Å². The largest absolute Gasteiger partial charge is 0.391 e. The molecule has 0 heterocycles. The molecule has 0 radical (unpaired) electrons. The van der Waals surface area contributed by atoms with Crippen LogP contribution in [0.2, 0.25) is 0 Å². The van der Waals surface area contributed by atoms with E-state index < -0.39 is 6.10 Å². The summed E-state index contributed by atoms with van der Waals surface area (Å²) >= 11 is 0. The molecule has 0 bridgehead atoms. The van der Waals surface area contributed by atoms with E-state index in [1.165, 1.54) is 0 Å². The van der Waals surface area contributed by atoms with Crippen molar-refractivity contribution in [3.8, 4) is 0 Å². The molecule has 2 atom stereocenters. The third-order valence-corrected chi connectivity index (χ3v) is 3.66. The smallest absolute Gasteiger partial charge is 0.136 e. The van der Waals surface area contributed by atoms with Crippen LogP contribution in [0, 0.1) is 5.92 Å². The number of carbonyl (C=O) groups excluding carboxylic acids is 1. The van der Waals surface area contributed by atoms with Gasteiger partial charge in [-0.15, -0.1) is 0 Å². The third kappa shape index (κ3) is 4.77. The van der Waals surface area contributed by atoms with Gasteiger partial charge in [0, 0.05) is 12.3 Å². The second kappa shape index (κ2) is 7.41. The SMILES string of the molecule is O=C1CCCCC1CC(O)COCc1ccccc1. The van der Waals surface area contributed by atoms with Gasteiger partial charge in [0.05, 0.1) is 19.3 Å². The first-order valence-electron chi connectivity index (χ1n) is 7.08. The first kappa shape index (κ1) is 14.2. The van der Waals surface area contributed by atoms with Gasteiger partial charge in [-0.2, -0.15) is 0 Å². The highest BCUT2D eigenvalue weighted by atomic mass is 16.5. The summed E-state index contributed by atoms with van der Waals surface area (Å²) in [6.45, 7) is 0.815. The average Bonchev–Trinajstić information content (AvgIpc) is 2.43. The Balaban J connectivity index is 1.67. The number of carbonyl (C=O) groups is 1. The molecule has 0 saturated heterocycles. The lowest BCUT2D eigenvalue weighted by atomic mass is 9.84. The van der Waals surface area contributed by atoms with Gasteiger partial charge in [0.1, 0.15) is 5.78 Å².